The highest BCUT2D eigenvalue weighted by Gasteiger charge is 2.27. The molecule has 5 nitrogen and oxygen atoms in total. The van der Waals surface area contributed by atoms with Gasteiger partial charge >= 0.3 is 0 Å². The number of hydrogen-bond donors (Lipinski definition) is 3. The third-order valence-corrected chi connectivity index (χ3v) is 2.84. The Morgan fingerprint density at radius 2 is 2.12 bits per heavy atom. The lowest BCUT2D eigenvalue weighted by atomic mass is 9.96. The maximum Gasteiger partial charge on any atom is 0.275 e. The zero-order valence-electron chi connectivity index (χ0n) is 9.41. The molecule has 0 aromatic heterocycles. The molecule has 6 heteroatoms. The molecule has 0 saturated heterocycles. The number of thiol groups is 1. The molecule has 17 heavy (non-hydrogen) atoms. The molecule has 2 N–H and O–H groups in total. The van der Waals surface area contributed by atoms with Crippen LogP contribution in [0.3, 0.4) is 0 Å². The van der Waals surface area contributed by atoms with Gasteiger partial charge in [-0.25, -0.2) is 0 Å². The van der Waals surface area contributed by atoms with Crippen LogP contribution in [-0.4, -0.2) is 27.0 Å². The lowest BCUT2D eigenvalue weighted by Gasteiger charge is -2.19. The van der Waals surface area contributed by atoms with E-state index in [1.807, 2.05) is 0 Å². The van der Waals surface area contributed by atoms with E-state index in [-0.39, 0.29) is 17.7 Å². The lowest BCUT2D eigenvalue weighted by molar-refractivity contribution is -0.386. The second-order valence-corrected chi connectivity index (χ2v) is 4.24. The lowest BCUT2D eigenvalue weighted by Crippen LogP contribution is -2.20. The molecule has 0 amide bonds. The van der Waals surface area contributed by atoms with E-state index >= 15 is 0 Å². The monoisotopic (exact) mass is 257 g/mol. The smallest absolute Gasteiger partial charge is 0.275 e. The number of hydrogen-bond acceptors (Lipinski definition) is 5. The van der Waals surface area contributed by atoms with Crippen LogP contribution in [-0.2, 0) is 0 Å². The van der Waals surface area contributed by atoms with Crippen LogP contribution in [0.25, 0.3) is 0 Å². The molecule has 0 aliphatic carbocycles. The van der Waals surface area contributed by atoms with Gasteiger partial charge in [0.1, 0.15) is 6.10 Å². The predicted molar refractivity (Wildman–Crippen MR) is 67.3 cm³/mol. The second kappa shape index (κ2) is 6.00. The normalized spacial score (nSPS) is 14.4. The molecule has 0 fully saturated rings. The Balaban J connectivity index is 3.15. The van der Waals surface area contributed by atoms with Crippen molar-refractivity contribution in [3.05, 3.63) is 39.4 Å². The van der Waals surface area contributed by atoms with Crippen LogP contribution in [0.1, 0.15) is 23.7 Å². The molecule has 1 aromatic rings. The molecule has 0 heterocycles. The number of nitro benzene ring substituents is 1. The summed E-state index contributed by atoms with van der Waals surface area (Å²) in [5.41, 5.74) is 0.590. The Bertz CT molecular complexity index is 410. The molecule has 2 unspecified atom stereocenters. The molecular formula is C11H15NO4S. The summed E-state index contributed by atoms with van der Waals surface area (Å²) in [5, 5.41) is 30.5. The van der Waals surface area contributed by atoms with Gasteiger partial charge in [-0.1, -0.05) is 12.1 Å². The maximum absolute atomic E-state index is 10.9. The summed E-state index contributed by atoms with van der Waals surface area (Å²) in [6, 6.07) is 4.53. The van der Waals surface area contributed by atoms with Crippen LogP contribution >= 0.6 is 12.6 Å². The summed E-state index contributed by atoms with van der Waals surface area (Å²) < 4.78 is 0. The summed E-state index contributed by atoms with van der Waals surface area (Å²) in [4.78, 5) is 10.3. The van der Waals surface area contributed by atoms with E-state index in [2.05, 4.69) is 12.6 Å². The Morgan fingerprint density at radius 3 is 2.65 bits per heavy atom. The number of benzene rings is 1. The highest BCUT2D eigenvalue weighted by atomic mass is 32.1. The fourth-order valence-corrected chi connectivity index (χ4v) is 1.96. The van der Waals surface area contributed by atoms with Crippen LogP contribution in [0.5, 0.6) is 0 Å². The van der Waals surface area contributed by atoms with Gasteiger partial charge in [0.2, 0.25) is 0 Å². The van der Waals surface area contributed by atoms with Crippen molar-refractivity contribution >= 4 is 18.3 Å². The predicted octanol–water partition coefficient (Wildman–Crippen LogP) is 1.62. The van der Waals surface area contributed by atoms with E-state index < -0.39 is 17.1 Å². The SMILES string of the molecule is Cc1cccc([N+](=O)[O-])c1C(O)C(O)CCS. The van der Waals surface area contributed by atoms with E-state index in [9.17, 15) is 20.3 Å². The summed E-state index contributed by atoms with van der Waals surface area (Å²) in [5.74, 6) is 0.401. The van der Waals surface area contributed by atoms with Gasteiger partial charge in [-0.05, 0) is 24.7 Å². The van der Waals surface area contributed by atoms with Crippen molar-refractivity contribution in [1.82, 2.24) is 0 Å². The van der Waals surface area contributed by atoms with Crippen LogP contribution in [0.4, 0.5) is 5.69 Å². The van der Waals surface area contributed by atoms with Crippen LogP contribution in [0, 0.1) is 17.0 Å². The number of aliphatic hydroxyl groups is 2. The van der Waals surface area contributed by atoms with Crippen LogP contribution in [0.15, 0.2) is 18.2 Å². The van der Waals surface area contributed by atoms with Crippen LogP contribution in [0.2, 0.25) is 0 Å². The standard InChI is InChI=1S/C11H15NO4S/c1-7-3-2-4-8(12(15)16)10(7)11(14)9(13)5-6-17/h2-4,9,11,13-14,17H,5-6H2,1H3. The largest absolute Gasteiger partial charge is 0.390 e. The first-order valence-corrected chi connectivity index (χ1v) is 5.83. The molecule has 0 spiro atoms. The van der Waals surface area contributed by atoms with Crippen LogP contribution < -0.4 is 0 Å². The highest BCUT2D eigenvalue weighted by Crippen LogP contribution is 2.31. The maximum atomic E-state index is 10.9. The van der Waals surface area contributed by atoms with Crippen molar-refractivity contribution < 1.29 is 15.1 Å². The van der Waals surface area contributed by atoms with Gasteiger partial charge in [0.25, 0.3) is 5.69 Å². The number of aliphatic hydroxyl groups excluding tert-OH is 2. The summed E-state index contributed by atoms with van der Waals surface area (Å²) in [6.45, 7) is 1.67. The molecule has 0 radical (unpaired) electrons. The molecule has 0 bridgehead atoms. The second-order valence-electron chi connectivity index (χ2n) is 3.79. The van der Waals surface area contributed by atoms with E-state index in [4.69, 9.17) is 0 Å². The third kappa shape index (κ3) is 3.18. The van der Waals surface area contributed by atoms with Gasteiger partial charge < -0.3 is 10.2 Å². The van der Waals surface area contributed by atoms with Crippen molar-refractivity contribution in [1.29, 1.82) is 0 Å². The fourth-order valence-electron chi connectivity index (χ4n) is 1.69. The molecule has 1 rings (SSSR count). The minimum absolute atomic E-state index is 0.171. The quantitative estimate of drug-likeness (QED) is 0.425. The first-order chi connectivity index (χ1) is 7.99. The number of nitro groups is 1. The number of aryl methyl sites for hydroxylation is 1. The van der Waals surface area contributed by atoms with Gasteiger partial charge in [-0.15, -0.1) is 0 Å². The zero-order chi connectivity index (χ0) is 13.0. The van der Waals surface area contributed by atoms with E-state index in [0.717, 1.165) is 0 Å². The van der Waals surface area contributed by atoms with Gasteiger partial charge in [0.05, 0.1) is 16.6 Å². The minimum atomic E-state index is -1.26. The number of nitrogens with zero attached hydrogens (tertiary/aromatic N) is 1. The first-order valence-electron chi connectivity index (χ1n) is 5.20. The Hall–Kier alpha value is -1.11. The molecule has 94 valence electrons. The molecular weight excluding hydrogens is 242 g/mol. The fraction of sp³-hybridized carbons (Fsp3) is 0.455. The molecule has 0 aliphatic heterocycles. The van der Waals surface area contributed by atoms with Crippen molar-refractivity contribution in [2.45, 2.75) is 25.6 Å². The molecule has 2 atom stereocenters. The minimum Gasteiger partial charge on any atom is -0.390 e. The first kappa shape index (κ1) is 14.0. The van der Waals surface area contributed by atoms with Crippen molar-refractivity contribution in [3.8, 4) is 0 Å². The van der Waals surface area contributed by atoms with E-state index in [1.54, 1.807) is 19.1 Å². The van der Waals surface area contributed by atoms with Gasteiger partial charge in [0.15, 0.2) is 0 Å². The van der Waals surface area contributed by atoms with E-state index in [1.165, 1.54) is 6.07 Å². The average Bonchev–Trinajstić information content (AvgIpc) is 2.28. The summed E-state index contributed by atoms with van der Waals surface area (Å²) in [6.07, 6.45) is -2.04. The van der Waals surface area contributed by atoms with Gasteiger partial charge in [-0.2, -0.15) is 12.6 Å². The zero-order valence-corrected chi connectivity index (χ0v) is 10.3. The van der Waals surface area contributed by atoms with Gasteiger partial charge in [-0.3, -0.25) is 10.1 Å². The van der Waals surface area contributed by atoms with Crippen molar-refractivity contribution in [2.24, 2.45) is 0 Å². The van der Waals surface area contributed by atoms with E-state index in [0.29, 0.717) is 11.3 Å². The Kier molecular flexibility index (Phi) is 4.92. The topological polar surface area (TPSA) is 83.6 Å². The average molecular weight is 257 g/mol. The molecule has 0 saturated carbocycles. The van der Waals surface area contributed by atoms with Gasteiger partial charge in [0, 0.05) is 6.07 Å². The Labute approximate surface area is 105 Å². The summed E-state index contributed by atoms with van der Waals surface area (Å²) in [7, 11) is 0. The van der Waals surface area contributed by atoms with Crippen molar-refractivity contribution in [2.75, 3.05) is 5.75 Å². The molecule has 1 aromatic carbocycles. The third-order valence-electron chi connectivity index (χ3n) is 2.58. The summed E-state index contributed by atoms with van der Waals surface area (Å²) >= 11 is 3.95. The Morgan fingerprint density at radius 1 is 1.47 bits per heavy atom. The highest BCUT2D eigenvalue weighted by molar-refractivity contribution is 7.80. The van der Waals surface area contributed by atoms with Crippen molar-refractivity contribution in [3.63, 3.8) is 0 Å². The molecule has 0 aliphatic rings. The number of rotatable bonds is 5.